The van der Waals surface area contributed by atoms with Gasteiger partial charge in [-0.15, -0.1) is 0 Å². The summed E-state index contributed by atoms with van der Waals surface area (Å²) >= 11 is 0. The van der Waals surface area contributed by atoms with Crippen molar-refractivity contribution in [1.82, 2.24) is 0 Å². The molecule has 0 bridgehead atoms. The highest BCUT2D eigenvalue weighted by atomic mass is 16.3. The lowest BCUT2D eigenvalue weighted by atomic mass is 9.89. The lowest BCUT2D eigenvalue weighted by molar-refractivity contribution is 0.359. The van der Waals surface area contributed by atoms with Crippen LogP contribution < -0.4 is 0 Å². The van der Waals surface area contributed by atoms with Crippen LogP contribution in [0.1, 0.15) is 96.6 Å². The van der Waals surface area contributed by atoms with E-state index in [4.69, 9.17) is 0 Å². The van der Waals surface area contributed by atoms with Crippen molar-refractivity contribution in [2.45, 2.75) is 98.3 Å². The highest BCUT2D eigenvalue weighted by molar-refractivity contribution is 5.40. The maximum Gasteiger partial charge on any atom is 0.121 e. The summed E-state index contributed by atoms with van der Waals surface area (Å²) in [6, 6.07) is 6.34. The quantitative estimate of drug-likeness (QED) is 0.455. The summed E-state index contributed by atoms with van der Waals surface area (Å²) in [4.78, 5) is 0. The molecule has 24 heavy (non-hydrogen) atoms. The molecule has 2 rings (SSSR count). The van der Waals surface area contributed by atoms with E-state index in [0.29, 0.717) is 16.6 Å². The minimum atomic E-state index is 0.418. The average Bonchev–Trinajstić information content (AvgIpc) is 3.30. The van der Waals surface area contributed by atoms with Crippen molar-refractivity contribution in [3.8, 4) is 5.75 Å². The Labute approximate surface area is 149 Å². The van der Waals surface area contributed by atoms with Crippen LogP contribution in [0.4, 0.5) is 0 Å². The van der Waals surface area contributed by atoms with Gasteiger partial charge in [0.15, 0.2) is 0 Å². The van der Waals surface area contributed by atoms with Crippen LogP contribution in [0, 0.1) is 10.8 Å². The first-order chi connectivity index (χ1) is 11.4. The predicted octanol–water partition coefficient (Wildman–Crippen LogP) is 7.05. The van der Waals surface area contributed by atoms with Crippen LogP contribution >= 0.6 is 0 Å². The molecule has 1 heteroatoms. The summed E-state index contributed by atoms with van der Waals surface area (Å²) < 4.78 is 0. The fourth-order valence-corrected chi connectivity index (χ4v) is 3.79. The molecule has 0 heterocycles. The van der Waals surface area contributed by atoms with Gasteiger partial charge in [-0.25, -0.2) is 0 Å². The molecule has 1 aliphatic carbocycles. The van der Waals surface area contributed by atoms with Gasteiger partial charge in [-0.1, -0.05) is 65.2 Å². The minimum absolute atomic E-state index is 0.418. The number of phenols is 1. The van der Waals surface area contributed by atoms with Gasteiger partial charge in [0.1, 0.15) is 5.75 Å². The van der Waals surface area contributed by atoms with Crippen LogP contribution in [0.25, 0.3) is 0 Å². The lowest BCUT2D eigenvalue weighted by Crippen LogP contribution is -2.04. The first-order valence-electron chi connectivity index (χ1n) is 10.1. The first-order valence-corrected chi connectivity index (χ1v) is 10.1. The molecule has 1 aliphatic rings. The molecule has 1 fully saturated rings. The Kier molecular flexibility index (Phi) is 6.78. The molecule has 0 unspecified atom stereocenters. The number of hydrogen-bond acceptors (Lipinski definition) is 1. The number of unbranched alkanes of at least 4 members (excludes halogenated alkanes) is 2. The van der Waals surface area contributed by atoms with Gasteiger partial charge >= 0.3 is 0 Å². The molecule has 0 saturated heterocycles. The molecule has 1 nitrogen and oxygen atoms in total. The Hall–Kier alpha value is -0.980. The van der Waals surface area contributed by atoms with Crippen LogP contribution in [-0.4, -0.2) is 5.11 Å². The second-order valence-corrected chi connectivity index (χ2v) is 9.25. The van der Waals surface area contributed by atoms with Crippen molar-refractivity contribution >= 4 is 0 Å². The van der Waals surface area contributed by atoms with E-state index in [2.05, 4.69) is 45.9 Å². The van der Waals surface area contributed by atoms with Crippen molar-refractivity contribution in [2.75, 3.05) is 0 Å². The number of benzene rings is 1. The molecular formula is C23H38O. The number of aromatic hydroxyl groups is 1. The van der Waals surface area contributed by atoms with Crippen molar-refractivity contribution in [1.29, 1.82) is 0 Å². The van der Waals surface area contributed by atoms with Gasteiger partial charge in [-0.05, 0) is 73.3 Å². The molecule has 1 aromatic carbocycles. The number of aryl methyl sites for hydroxylation is 2. The van der Waals surface area contributed by atoms with Gasteiger partial charge in [-0.2, -0.15) is 0 Å². The van der Waals surface area contributed by atoms with Gasteiger partial charge in [0.25, 0.3) is 0 Å². The fourth-order valence-electron chi connectivity index (χ4n) is 3.79. The molecule has 136 valence electrons. The molecule has 1 saturated carbocycles. The molecule has 0 atom stereocenters. The number of rotatable bonds is 10. The zero-order chi connectivity index (χ0) is 17.6. The summed E-state index contributed by atoms with van der Waals surface area (Å²) in [6.07, 6.45) is 13.9. The Morgan fingerprint density at radius 3 is 2.04 bits per heavy atom. The second kappa shape index (κ2) is 8.41. The number of phenolic OH excluding ortho intramolecular Hbond substituents is 1. The zero-order valence-electron chi connectivity index (χ0n) is 16.5. The minimum Gasteiger partial charge on any atom is -0.507 e. The molecule has 0 amide bonds. The third-order valence-corrected chi connectivity index (χ3v) is 5.94. The van der Waals surface area contributed by atoms with Crippen LogP contribution in [0.2, 0.25) is 0 Å². The van der Waals surface area contributed by atoms with Gasteiger partial charge < -0.3 is 5.11 Å². The van der Waals surface area contributed by atoms with Gasteiger partial charge in [0.2, 0.25) is 0 Å². The summed E-state index contributed by atoms with van der Waals surface area (Å²) in [6.45, 7) is 9.24. The van der Waals surface area contributed by atoms with E-state index in [-0.39, 0.29) is 0 Å². The third-order valence-electron chi connectivity index (χ3n) is 5.94. The second-order valence-electron chi connectivity index (χ2n) is 9.25. The summed E-state index contributed by atoms with van der Waals surface area (Å²) in [5.41, 5.74) is 3.43. The van der Waals surface area contributed by atoms with Crippen LogP contribution in [0.3, 0.4) is 0 Å². The molecule has 0 spiro atoms. The highest BCUT2D eigenvalue weighted by Crippen LogP contribution is 2.52. The molecule has 1 N–H and O–H groups in total. The highest BCUT2D eigenvalue weighted by Gasteiger charge is 2.39. The number of para-hydroxylation sites is 1. The average molecular weight is 331 g/mol. The van der Waals surface area contributed by atoms with E-state index in [0.717, 1.165) is 24.0 Å². The molecule has 0 aliphatic heterocycles. The lowest BCUT2D eigenvalue weighted by Gasteiger charge is -2.17. The number of hydrogen-bond donors (Lipinski definition) is 1. The maximum atomic E-state index is 10.6. The SMILES string of the molecule is CCC1(CCCCc2cccc(CCCCC(C)(C)C)c2O)CC1. The summed E-state index contributed by atoms with van der Waals surface area (Å²) in [5, 5.41) is 10.6. The topological polar surface area (TPSA) is 20.2 Å². The third kappa shape index (κ3) is 6.15. The fraction of sp³-hybridized carbons (Fsp3) is 0.739. The van der Waals surface area contributed by atoms with Crippen molar-refractivity contribution in [3.63, 3.8) is 0 Å². The normalized spacial score (nSPS) is 16.3. The van der Waals surface area contributed by atoms with Crippen LogP contribution in [0.15, 0.2) is 18.2 Å². The molecule has 1 aromatic rings. The molecule has 0 aromatic heterocycles. The van der Waals surface area contributed by atoms with E-state index in [9.17, 15) is 5.11 Å². The van der Waals surface area contributed by atoms with Crippen molar-refractivity contribution < 1.29 is 5.11 Å². The monoisotopic (exact) mass is 330 g/mol. The Morgan fingerprint density at radius 1 is 0.958 bits per heavy atom. The van der Waals surface area contributed by atoms with E-state index < -0.39 is 0 Å². The maximum absolute atomic E-state index is 10.6. The van der Waals surface area contributed by atoms with Crippen molar-refractivity contribution in [3.05, 3.63) is 29.3 Å². The molecular weight excluding hydrogens is 292 g/mol. The molecule has 0 radical (unpaired) electrons. The Bertz CT molecular complexity index is 505. The van der Waals surface area contributed by atoms with Gasteiger partial charge in [-0.3, -0.25) is 0 Å². The van der Waals surface area contributed by atoms with E-state index >= 15 is 0 Å². The Balaban J connectivity index is 1.75. The Morgan fingerprint density at radius 2 is 1.54 bits per heavy atom. The predicted molar refractivity (Wildman–Crippen MR) is 105 cm³/mol. The van der Waals surface area contributed by atoms with E-state index in [1.165, 1.54) is 57.8 Å². The summed E-state index contributed by atoms with van der Waals surface area (Å²) in [7, 11) is 0. The van der Waals surface area contributed by atoms with Gasteiger partial charge in [0.05, 0.1) is 0 Å². The van der Waals surface area contributed by atoms with Crippen LogP contribution in [-0.2, 0) is 12.8 Å². The zero-order valence-corrected chi connectivity index (χ0v) is 16.5. The van der Waals surface area contributed by atoms with Crippen LogP contribution in [0.5, 0.6) is 5.75 Å². The van der Waals surface area contributed by atoms with Crippen molar-refractivity contribution in [2.24, 2.45) is 10.8 Å². The van der Waals surface area contributed by atoms with E-state index in [1.54, 1.807) is 0 Å². The first kappa shape index (κ1) is 19.3. The standard InChI is InChI=1S/C23H38O/c1-5-23(17-18-23)16-9-7-12-20-14-10-13-19(21(20)24)11-6-8-15-22(2,3)4/h10,13-14,24H,5-9,11-12,15-18H2,1-4H3. The largest absolute Gasteiger partial charge is 0.507 e. The van der Waals surface area contributed by atoms with Gasteiger partial charge in [0, 0.05) is 0 Å². The smallest absolute Gasteiger partial charge is 0.121 e. The summed E-state index contributed by atoms with van der Waals surface area (Å²) in [5.74, 6) is 0.574. The van der Waals surface area contributed by atoms with E-state index in [1.807, 2.05) is 0 Å².